The van der Waals surface area contributed by atoms with E-state index in [0.29, 0.717) is 17.2 Å². The maximum atomic E-state index is 12.2. The zero-order valence-corrected chi connectivity index (χ0v) is 16.8. The molecular formula is C15H23F3IN3O3. The molecule has 0 amide bonds. The topological polar surface area (TPSA) is 64.1 Å². The van der Waals surface area contributed by atoms with Crippen molar-refractivity contribution < 1.29 is 27.4 Å². The van der Waals surface area contributed by atoms with Crippen molar-refractivity contribution in [2.24, 2.45) is 4.99 Å². The van der Waals surface area contributed by atoms with Gasteiger partial charge in [0.25, 0.3) is 0 Å². The fourth-order valence-corrected chi connectivity index (χ4v) is 2.02. The molecule has 25 heavy (non-hydrogen) atoms. The van der Waals surface area contributed by atoms with Crippen LogP contribution in [0, 0.1) is 0 Å². The third kappa shape index (κ3) is 7.45. The van der Waals surface area contributed by atoms with E-state index in [1.807, 2.05) is 0 Å². The molecule has 0 aromatic heterocycles. The highest BCUT2D eigenvalue weighted by Gasteiger charge is 2.26. The lowest BCUT2D eigenvalue weighted by Gasteiger charge is -2.17. The summed E-state index contributed by atoms with van der Waals surface area (Å²) in [5, 5.41) is 5.54. The van der Waals surface area contributed by atoms with Crippen LogP contribution in [0.3, 0.4) is 0 Å². The van der Waals surface area contributed by atoms with Crippen molar-refractivity contribution in [3.8, 4) is 17.2 Å². The highest BCUT2D eigenvalue weighted by Crippen LogP contribution is 2.39. The van der Waals surface area contributed by atoms with E-state index in [4.69, 9.17) is 14.2 Å². The van der Waals surface area contributed by atoms with Crippen LogP contribution < -0.4 is 24.8 Å². The molecule has 2 N–H and O–H groups in total. The quantitative estimate of drug-likeness (QED) is 0.360. The van der Waals surface area contributed by atoms with E-state index in [1.54, 1.807) is 12.1 Å². The molecule has 0 fully saturated rings. The second kappa shape index (κ2) is 11.1. The lowest BCUT2D eigenvalue weighted by atomic mass is 10.1. The summed E-state index contributed by atoms with van der Waals surface area (Å²) in [5.41, 5.74) is 0.744. The molecule has 1 rings (SSSR count). The summed E-state index contributed by atoms with van der Waals surface area (Å²) in [4.78, 5) is 3.88. The van der Waals surface area contributed by atoms with Gasteiger partial charge in [0, 0.05) is 25.7 Å². The van der Waals surface area contributed by atoms with E-state index < -0.39 is 12.6 Å². The maximum absolute atomic E-state index is 12.2. The molecule has 0 unspecified atom stereocenters. The molecule has 0 radical (unpaired) electrons. The molecule has 1 aromatic rings. The summed E-state index contributed by atoms with van der Waals surface area (Å²) in [6.45, 7) is 0.0292. The van der Waals surface area contributed by atoms with Crippen LogP contribution in [0.2, 0.25) is 0 Å². The molecule has 0 aliphatic carbocycles. The number of nitrogens with one attached hydrogen (secondary N) is 2. The van der Waals surface area contributed by atoms with E-state index >= 15 is 0 Å². The Bertz CT molecular complexity index is 569. The number of hydrogen-bond acceptors (Lipinski definition) is 4. The smallest absolute Gasteiger partial charge is 0.390 e. The van der Waals surface area contributed by atoms with Crippen LogP contribution in [0.5, 0.6) is 17.2 Å². The molecule has 10 heteroatoms. The lowest BCUT2D eigenvalue weighted by Crippen LogP contribution is -2.38. The Morgan fingerprint density at radius 1 is 1.04 bits per heavy atom. The average molecular weight is 477 g/mol. The Kier molecular flexibility index (Phi) is 10.4. The molecule has 0 saturated carbocycles. The van der Waals surface area contributed by atoms with Gasteiger partial charge in [0.1, 0.15) is 0 Å². The van der Waals surface area contributed by atoms with Crippen molar-refractivity contribution in [1.82, 2.24) is 10.6 Å². The fourth-order valence-electron chi connectivity index (χ4n) is 2.02. The standard InChI is InChI=1S/C15H22F3N3O3.HI/c1-19-14(20-8-7-15(16,17)18)21-9-10-5-6-11(22-2)13(24-4)12(10)23-3;/h5-6H,7-9H2,1-4H3,(H2,19,20,21);1H. The van der Waals surface area contributed by atoms with E-state index in [0.717, 1.165) is 5.56 Å². The second-order valence-corrected chi connectivity index (χ2v) is 4.71. The molecular weight excluding hydrogens is 454 g/mol. The van der Waals surface area contributed by atoms with Gasteiger partial charge in [-0.2, -0.15) is 13.2 Å². The summed E-state index contributed by atoms with van der Waals surface area (Å²) < 4.78 is 52.3. The normalized spacial score (nSPS) is 11.4. The zero-order valence-electron chi connectivity index (χ0n) is 14.5. The fraction of sp³-hybridized carbons (Fsp3) is 0.533. The number of methoxy groups -OCH3 is 3. The monoisotopic (exact) mass is 477 g/mol. The van der Waals surface area contributed by atoms with Crippen molar-refractivity contribution in [2.75, 3.05) is 34.9 Å². The van der Waals surface area contributed by atoms with Crippen molar-refractivity contribution >= 4 is 29.9 Å². The summed E-state index contributed by atoms with van der Waals surface area (Å²) in [7, 11) is 5.99. The Hall–Kier alpha value is -1.59. The number of ether oxygens (including phenoxy) is 3. The van der Waals surface area contributed by atoms with Gasteiger partial charge >= 0.3 is 6.18 Å². The lowest BCUT2D eigenvalue weighted by molar-refractivity contribution is -0.132. The third-order valence-corrected chi connectivity index (χ3v) is 3.16. The molecule has 0 bridgehead atoms. The minimum absolute atomic E-state index is 0. The van der Waals surface area contributed by atoms with E-state index in [2.05, 4.69) is 15.6 Å². The maximum Gasteiger partial charge on any atom is 0.390 e. The van der Waals surface area contributed by atoms with Crippen LogP contribution in [-0.4, -0.2) is 47.1 Å². The van der Waals surface area contributed by atoms with Crippen LogP contribution in [0.4, 0.5) is 13.2 Å². The number of rotatable bonds is 7. The Labute approximate surface area is 162 Å². The average Bonchev–Trinajstić information content (AvgIpc) is 2.55. The molecule has 144 valence electrons. The van der Waals surface area contributed by atoms with Gasteiger partial charge in [-0.1, -0.05) is 0 Å². The van der Waals surface area contributed by atoms with Gasteiger partial charge in [-0.15, -0.1) is 24.0 Å². The van der Waals surface area contributed by atoms with Crippen LogP contribution in [0.1, 0.15) is 12.0 Å². The van der Waals surface area contributed by atoms with Crippen LogP contribution >= 0.6 is 24.0 Å². The second-order valence-electron chi connectivity index (χ2n) is 4.71. The highest BCUT2D eigenvalue weighted by molar-refractivity contribution is 14.0. The van der Waals surface area contributed by atoms with Gasteiger partial charge in [-0.05, 0) is 12.1 Å². The first-order valence-corrected chi connectivity index (χ1v) is 7.15. The Morgan fingerprint density at radius 2 is 1.68 bits per heavy atom. The van der Waals surface area contributed by atoms with Gasteiger partial charge in [0.2, 0.25) is 5.75 Å². The third-order valence-electron chi connectivity index (χ3n) is 3.16. The minimum atomic E-state index is -4.21. The molecule has 0 spiro atoms. The van der Waals surface area contributed by atoms with Crippen molar-refractivity contribution in [2.45, 2.75) is 19.1 Å². The molecule has 0 aliphatic heterocycles. The minimum Gasteiger partial charge on any atom is -0.493 e. The Morgan fingerprint density at radius 3 is 2.16 bits per heavy atom. The summed E-state index contributed by atoms with van der Waals surface area (Å²) in [6, 6.07) is 3.49. The molecule has 0 aliphatic rings. The van der Waals surface area contributed by atoms with Gasteiger partial charge in [0.05, 0.1) is 27.8 Å². The van der Waals surface area contributed by atoms with E-state index in [1.165, 1.54) is 28.4 Å². The number of alkyl halides is 3. The SMILES string of the molecule is CN=C(NCCC(F)(F)F)NCc1ccc(OC)c(OC)c1OC.I. The summed E-state index contributed by atoms with van der Waals surface area (Å²) >= 11 is 0. The zero-order chi connectivity index (χ0) is 18.2. The largest absolute Gasteiger partial charge is 0.493 e. The van der Waals surface area contributed by atoms with E-state index in [-0.39, 0.29) is 43.0 Å². The first-order chi connectivity index (χ1) is 11.4. The van der Waals surface area contributed by atoms with Crippen LogP contribution in [0.25, 0.3) is 0 Å². The molecule has 1 aromatic carbocycles. The van der Waals surface area contributed by atoms with Gasteiger partial charge in [0.15, 0.2) is 17.5 Å². The van der Waals surface area contributed by atoms with Gasteiger partial charge < -0.3 is 24.8 Å². The van der Waals surface area contributed by atoms with Crippen LogP contribution in [0.15, 0.2) is 17.1 Å². The number of nitrogens with zero attached hydrogens (tertiary/aromatic N) is 1. The summed E-state index contributed by atoms with van der Waals surface area (Å²) in [6.07, 6.45) is -5.15. The molecule has 0 saturated heterocycles. The van der Waals surface area contributed by atoms with Crippen molar-refractivity contribution in [3.63, 3.8) is 0 Å². The summed E-state index contributed by atoms with van der Waals surface area (Å²) in [5.74, 6) is 1.70. The molecule has 0 atom stereocenters. The predicted octanol–water partition coefficient (Wildman–Crippen LogP) is 2.95. The highest BCUT2D eigenvalue weighted by atomic mass is 127. The van der Waals surface area contributed by atoms with E-state index in [9.17, 15) is 13.2 Å². The number of hydrogen-bond donors (Lipinski definition) is 2. The Balaban J connectivity index is 0.00000576. The first-order valence-electron chi connectivity index (χ1n) is 7.15. The first kappa shape index (κ1) is 23.4. The number of aliphatic imine (C=N–C) groups is 1. The predicted molar refractivity (Wildman–Crippen MR) is 100 cm³/mol. The number of halogens is 4. The van der Waals surface area contributed by atoms with Gasteiger partial charge in [-0.3, -0.25) is 4.99 Å². The van der Waals surface area contributed by atoms with Crippen molar-refractivity contribution in [1.29, 1.82) is 0 Å². The van der Waals surface area contributed by atoms with Crippen LogP contribution in [-0.2, 0) is 6.54 Å². The molecule has 6 nitrogen and oxygen atoms in total. The van der Waals surface area contributed by atoms with Gasteiger partial charge in [-0.25, -0.2) is 0 Å². The number of guanidine groups is 1. The number of benzene rings is 1. The molecule has 0 heterocycles. The van der Waals surface area contributed by atoms with Crippen molar-refractivity contribution in [3.05, 3.63) is 17.7 Å².